The molecule has 1 aromatic rings. The highest BCUT2D eigenvalue weighted by molar-refractivity contribution is 5.30. The van der Waals surface area contributed by atoms with Crippen LogP contribution in [0.25, 0.3) is 0 Å². The second kappa shape index (κ2) is 6.59. The molecule has 0 radical (unpaired) electrons. The monoisotopic (exact) mass is 277 g/mol. The van der Waals surface area contributed by atoms with Crippen molar-refractivity contribution in [3.05, 3.63) is 29.8 Å². The van der Waals surface area contributed by atoms with Gasteiger partial charge in [-0.15, -0.1) is 0 Å². The van der Waals surface area contributed by atoms with Gasteiger partial charge in [0, 0.05) is 12.6 Å². The molecule has 1 N–H and O–H groups in total. The van der Waals surface area contributed by atoms with Crippen LogP contribution in [-0.2, 0) is 0 Å². The van der Waals surface area contributed by atoms with Crippen LogP contribution in [-0.4, -0.2) is 36.8 Å². The van der Waals surface area contributed by atoms with Gasteiger partial charge in [0.25, 0.3) is 0 Å². The fourth-order valence-corrected chi connectivity index (χ4v) is 3.12. The molecular weight excluding hydrogens is 250 g/mol. The van der Waals surface area contributed by atoms with E-state index < -0.39 is 0 Å². The summed E-state index contributed by atoms with van der Waals surface area (Å²) in [6.45, 7) is 6.90. The number of aliphatic hydroxyl groups is 1. The van der Waals surface area contributed by atoms with E-state index in [9.17, 15) is 5.11 Å². The number of hydrogen-bond donors (Lipinski definition) is 1. The number of aliphatic hydroxyl groups excluding tert-OH is 1. The molecule has 1 unspecified atom stereocenters. The molecular formula is C17H27NO2. The average Bonchev–Trinajstić information content (AvgIpc) is 2.54. The molecule has 1 heterocycles. The maximum atomic E-state index is 9.62. The number of nitrogens with zero attached hydrogens (tertiary/aromatic N) is 1. The minimum Gasteiger partial charge on any atom is -0.497 e. The van der Waals surface area contributed by atoms with Crippen LogP contribution >= 0.6 is 0 Å². The van der Waals surface area contributed by atoms with Crippen molar-refractivity contribution in [3.8, 4) is 5.75 Å². The maximum absolute atomic E-state index is 9.62. The highest BCUT2D eigenvalue weighted by Gasteiger charge is 2.33. The van der Waals surface area contributed by atoms with Gasteiger partial charge in [0.2, 0.25) is 0 Å². The quantitative estimate of drug-likeness (QED) is 0.897. The van der Waals surface area contributed by atoms with Crippen LogP contribution in [0.2, 0.25) is 0 Å². The number of ether oxygens (including phenoxy) is 1. The zero-order valence-corrected chi connectivity index (χ0v) is 12.9. The molecule has 0 bridgehead atoms. The van der Waals surface area contributed by atoms with Gasteiger partial charge in [0.05, 0.1) is 7.11 Å². The van der Waals surface area contributed by atoms with E-state index in [4.69, 9.17) is 4.74 Å². The Balaban J connectivity index is 2.02. The molecule has 0 spiro atoms. The molecule has 1 saturated heterocycles. The Morgan fingerprint density at radius 1 is 1.35 bits per heavy atom. The van der Waals surface area contributed by atoms with Crippen LogP contribution in [0.4, 0.5) is 0 Å². The van der Waals surface area contributed by atoms with Gasteiger partial charge in [0.1, 0.15) is 5.75 Å². The van der Waals surface area contributed by atoms with Crippen LogP contribution in [0.5, 0.6) is 5.75 Å². The summed E-state index contributed by atoms with van der Waals surface area (Å²) in [5.41, 5.74) is 1.46. The van der Waals surface area contributed by atoms with Crippen molar-refractivity contribution in [3.63, 3.8) is 0 Å². The van der Waals surface area contributed by atoms with Gasteiger partial charge in [0.15, 0.2) is 0 Å². The molecule has 20 heavy (non-hydrogen) atoms. The molecule has 112 valence electrons. The summed E-state index contributed by atoms with van der Waals surface area (Å²) in [5, 5.41) is 9.62. The van der Waals surface area contributed by atoms with E-state index in [1.54, 1.807) is 7.11 Å². The predicted octanol–water partition coefficient (Wildman–Crippen LogP) is 3.24. The van der Waals surface area contributed by atoms with Gasteiger partial charge in [-0.1, -0.05) is 19.1 Å². The first kappa shape index (κ1) is 15.3. The summed E-state index contributed by atoms with van der Waals surface area (Å²) in [6, 6.07) is 8.73. The minimum atomic E-state index is 0.157. The SMILES string of the molecule is CCC1(CO)CCN(C(C)c2cccc(OC)c2)CC1. The molecule has 1 atom stereocenters. The van der Waals surface area contributed by atoms with Crippen molar-refractivity contribution in [2.75, 3.05) is 26.8 Å². The lowest BCUT2D eigenvalue weighted by molar-refractivity contribution is 0.0270. The Labute approximate surface area is 122 Å². The predicted molar refractivity (Wildman–Crippen MR) is 82.0 cm³/mol. The van der Waals surface area contributed by atoms with E-state index in [2.05, 4.69) is 36.9 Å². The van der Waals surface area contributed by atoms with Crippen LogP contribution < -0.4 is 4.74 Å². The summed E-state index contributed by atoms with van der Waals surface area (Å²) < 4.78 is 5.31. The minimum absolute atomic E-state index is 0.157. The second-order valence-electron chi connectivity index (χ2n) is 6.00. The molecule has 0 aromatic heterocycles. The van der Waals surface area contributed by atoms with Crippen LogP contribution in [0.1, 0.15) is 44.7 Å². The van der Waals surface area contributed by atoms with E-state index in [0.717, 1.165) is 38.1 Å². The second-order valence-corrected chi connectivity index (χ2v) is 6.00. The molecule has 1 fully saturated rings. The Morgan fingerprint density at radius 3 is 2.60 bits per heavy atom. The molecule has 1 aromatic carbocycles. The fraction of sp³-hybridized carbons (Fsp3) is 0.647. The molecule has 0 aliphatic carbocycles. The molecule has 3 nitrogen and oxygen atoms in total. The topological polar surface area (TPSA) is 32.7 Å². The number of benzene rings is 1. The molecule has 0 amide bonds. The third-order valence-electron chi connectivity index (χ3n) is 5.07. The number of hydrogen-bond acceptors (Lipinski definition) is 3. The average molecular weight is 277 g/mol. The lowest BCUT2D eigenvalue weighted by atomic mass is 9.76. The number of piperidine rings is 1. The van der Waals surface area contributed by atoms with Crippen LogP contribution in [0.15, 0.2) is 24.3 Å². The Hall–Kier alpha value is -1.06. The lowest BCUT2D eigenvalue weighted by Gasteiger charge is -2.42. The van der Waals surface area contributed by atoms with Gasteiger partial charge in [-0.3, -0.25) is 4.90 Å². The van der Waals surface area contributed by atoms with Crippen molar-refractivity contribution in [1.29, 1.82) is 0 Å². The smallest absolute Gasteiger partial charge is 0.119 e. The first-order valence-electron chi connectivity index (χ1n) is 7.63. The summed E-state index contributed by atoms with van der Waals surface area (Å²) in [4.78, 5) is 2.51. The Kier molecular flexibility index (Phi) is 5.06. The summed E-state index contributed by atoms with van der Waals surface area (Å²) >= 11 is 0. The number of methoxy groups -OCH3 is 1. The highest BCUT2D eigenvalue weighted by Crippen LogP contribution is 2.37. The van der Waals surface area contributed by atoms with Crippen molar-refractivity contribution >= 4 is 0 Å². The molecule has 3 heteroatoms. The number of rotatable bonds is 5. The van der Waals surface area contributed by atoms with E-state index in [-0.39, 0.29) is 5.41 Å². The zero-order chi connectivity index (χ0) is 14.6. The van der Waals surface area contributed by atoms with Crippen molar-refractivity contribution in [1.82, 2.24) is 4.90 Å². The molecule has 1 aliphatic rings. The van der Waals surface area contributed by atoms with Crippen molar-refractivity contribution in [2.24, 2.45) is 5.41 Å². The van der Waals surface area contributed by atoms with Crippen LogP contribution in [0.3, 0.4) is 0 Å². The van der Waals surface area contributed by atoms with Crippen molar-refractivity contribution in [2.45, 2.75) is 39.2 Å². The van der Waals surface area contributed by atoms with Gasteiger partial charge in [-0.25, -0.2) is 0 Å². The molecule has 2 rings (SSSR count). The maximum Gasteiger partial charge on any atom is 0.119 e. The first-order valence-corrected chi connectivity index (χ1v) is 7.63. The van der Waals surface area contributed by atoms with E-state index in [0.29, 0.717) is 12.6 Å². The van der Waals surface area contributed by atoms with Gasteiger partial charge in [-0.05, 0) is 62.4 Å². The third kappa shape index (κ3) is 3.15. The summed E-state index contributed by atoms with van der Waals surface area (Å²) in [5.74, 6) is 0.921. The van der Waals surface area contributed by atoms with E-state index in [1.165, 1.54) is 5.56 Å². The van der Waals surface area contributed by atoms with E-state index in [1.807, 2.05) is 6.07 Å². The van der Waals surface area contributed by atoms with Crippen molar-refractivity contribution < 1.29 is 9.84 Å². The third-order valence-corrected chi connectivity index (χ3v) is 5.07. The normalized spacial score (nSPS) is 20.6. The van der Waals surface area contributed by atoms with Crippen LogP contribution in [0, 0.1) is 5.41 Å². The number of likely N-dealkylation sites (tertiary alicyclic amines) is 1. The first-order chi connectivity index (χ1) is 9.64. The Bertz CT molecular complexity index is 419. The summed E-state index contributed by atoms with van der Waals surface area (Å²) in [7, 11) is 1.71. The van der Waals surface area contributed by atoms with Gasteiger partial charge in [-0.2, -0.15) is 0 Å². The molecule has 0 saturated carbocycles. The summed E-state index contributed by atoms with van der Waals surface area (Å²) in [6.07, 6.45) is 3.26. The highest BCUT2D eigenvalue weighted by atomic mass is 16.5. The van der Waals surface area contributed by atoms with E-state index >= 15 is 0 Å². The largest absolute Gasteiger partial charge is 0.497 e. The zero-order valence-electron chi connectivity index (χ0n) is 12.9. The Morgan fingerprint density at radius 2 is 2.05 bits per heavy atom. The lowest BCUT2D eigenvalue weighted by Crippen LogP contribution is -2.42. The van der Waals surface area contributed by atoms with Gasteiger partial charge >= 0.3 is 0 Å². The van der Waals surface area contributed by atoms with Gasteiger partial charge < -0.3 is 9.84 Å². The fourth-order valence-electron chi connectivity index (χ4n) is 3.12. The molecule has 1 aliphatic heterocycles. The standard InChI is InChI=1S/C17H27NO2/c1-4-17(13-19)8-10-18(11-9-17)14(2)15-6-5-7-16(12-15)20-3/h5-7,12,14,19H,4,8-11,13H2,1-3H3.